The molecule has 7 heteroatoms. The zero-order valence-electron chi connectivity index (χ0n) is 15.3. The fourth-order valence-corrected chi connectivity index (χ4v) is 4.73. The third-order valence-electron chi connectivity index (χ3n) is 4.14. The lowest BCUT2D eigenvalue weighted by Gasteiger charge is -2.14. The zero-order chi connectivity index (χ0) is 20.4. The number of aryl methyl sites for hydroxylation is 1. The molecule has 1 amide bonds. The highest BCUT2D eigenvalue weighted by molar-refractivity contribution is 8.27. The summed E-state index contributed by atoms with van der Waals surface area (Å²) >= 11 is 8.01. The van der Waals surface area contributed by atoms with Crippen LogP contribution in [0.5, 0.6) is 5.75 Å². The number of anilines is 1. The van der Waals surface area contributed by atoms with Crippen molar-refractivity contribution in [2.45, 2.75) is 6.92 Å². The Bertz CT molecular complexity index is 1140. The number of thiocarbonyl (C=S) groups is 1. The molecular formula is C22H15NO3S3. The van der Waals surface area contributed by atoms with Crippen LogP contribution in [0.4, 0.5) is 5.69 Å². The maximum absolute atomic E-state index is 12.9. The predicted molar refractivity (Wildman–Crippen MR) is 123 cm³/mol. The first kappa shape index (κ1) is 19.6. The number of benzene rings is 2. The molecule has 1 saturated heterocycles. The Kier molecular flexibility index (Phi) is 5.62. The van der Waals surface area contributed by atoms with Crippen molar-refractivity contribution in [1.29, 1.82) is 0 Å². The lowest BCUT2D eigenvalue weighted by molar-refractivity contribution is -0.113. The molecule has 1 aliphatic heterocycles. The molecule has 0 spiro atoms. The smallest absolute Gasteiger partial charge is 0.353 e. The average Bonchev–Trinajstić information content (AvgIpc) is 3.31. The van der Waals surface area contributed by atoms with E-state index in [9.17, 15) is 9.59 Å². The topological polar surface area (TPSA) is 46.6 Å². The van der Waals surface area contributed by atoms with Gasteiger partial charge in [-0.2, -0.15) is 0 Å². The van der Waals surface area contributed by atoms with E-state index in [2.05, 4.69) is 0 Å². The highest BCUT2D eigenvalue weighted by atomic mass is 32.2. The summed E-state index contributed by atoms with van der Waals surface area (Å²) in [6.07, 6.45) is 1.76. The van der Waals surface area contributed by atoms with Crippen molar-refractivity contribution < 1.29 is 14.3 Å². The Balaban J connectivity index is 1.56. The van der Waals surface area contributed by atoms with Gasteiger partial charge in [0.25, 0.3) is 5.91 Å². The van der Waals surface area contributed by atoms with Gasteiger partial charge in [0.2, 0.25) is 0 Å². The number of thioether (sulfide) groups is 1. The number of hydrogen-bond acceptors (Lipinski definition) is 6. The van der Waals surface area contributed by atoms with Crippen LogP contribution < -0.4 is 9.64 Å². The molecule has 1 fully saturated rings. The monoisotopic (exact) mass is 437 g/mol. The summed E-state index contributed by atoms with van der Waals surface area (Å²) in [6, 6.07) is 18.3. The van der Waals surface area contributed by atoms with Gasteiger partial charge in [-0.05, 0) is 59.8 Å². The van der Waals surface area contributed by atoms with Gasteiger partial charge in [-0.3, -0.25) is 9.69 Å². The van der Waals surface area contributed by atoms with Crippen LogP contribution in [0.25, 0.3) is 6.08 Å². The number of rotatable bonds is 4. The highest BCUT2D eigenvalue weighted by Crippen LogP contribution is 2.36. The van der Waals surface area contributed by atoms with Gasteiger partial charge < -0.3 is 4.74 Å². The van der Waals surface area contributed by atoms with Crippen LogP contribution in [0.1, 0.15) is 20.8 Å². The van der Waals surface area contributed by atoms with Gasteiger partial charge in [0.1, 0.15) is 10.6 Å². The minimum atomic E-state index is -0.400. The number of hydrogen-bond donors (Lipinski definition) is 0. The standard InChI is InChI=1S/C22H15NO3S3/c1-14-5-2-7-16(11-14)23-20(24)19(29-22(23)27)13-15-6-3-8-17(12-15)26-21(25)18-9-4-10-28-18/h2-13H,1H3/b19-13-. The maximum Gasteiger partial charge on any atom is 0.353 e. The van der Waals surface area contributed by atoms with Gasteiger partial charge in [0.15, 0.2) is 4.32 Å². The number of nitrogens with zero attached hydrogens (tertiary/aromatic N) is 1. The number of esters is 1. The van der Waals surface area contributed by atoms with E-state index in [1.54, 1.807) is 41.3 Å². The fourth-order valence-electron chi connectivity index (χ4n) is 2.83. The third kappa shape index (κ3) is 4.32. The molecule has 1 aliphatic rings. The van der Waals surface area contributed by atoms with E-state index in [4.69, 9.17) is 17.0 Å². The molecule has 0 radical (unpaired) electrons. The van der Waals surface area contributed by atoms with Gasteiger partial charge in [0.05, 0.1) is 10.6 Å². The van der Waals surface area contributed by atoms with E-state index in [1.807, 2.05) is 42.6 Å². The number of amides is 1. The molecule has 29 heavy (non-hydrogen) atoms. The average molecular weight is 438 g/mol. The summed E-state index contributed by atoms with van der Waals surface area (Å²) < 4.78 is 5.92. The summed E-state index contributed by atoms with van der Waals surface area (Å²) in [5.41, 5.74) is 2.57. The first-order valence-corrected chi connectivity index (χ1v) is 10.8. The van der Waals surface area contributed by atoms with E-state index < -0.39 is 5.97 Å². The fraction of sp³-hybridized carbons (Fsp3) is 0.0455. The van der Waals surface area contributed by atoms with Crippen molar-refractivity contribution in [3.63, 3.8) is 0 Å². The molecule has 4 nitrogen and oxygen atoms in total. The van der Waals surface area contributed by atoms with Crippen molar-refractivity contribution >= 4 is 63.3 Å². The van der Waals surface area contributed by atoms with Gasteiger partial charge in [-0.1, -0.05) is 54.3 Å². The van der Waals surface area contributed by atoms with Crippen LogP contribution in [0.3, 0.4) is 0 Å². The first-order valence-electron chi connectivity index (χ1n) is 8.71. The van der Waals surface area contributed by atoms with E-state index in [0.717, 1.165) is 16.8 Å². The van der Waals surface area contributed by atoms with Gasteiger partial charge in [-0.25, -0.2) is 4.79 Å². The quantitative estimate of drug-likeness (QED) is 0.227. The molecule has 0 bridgehead atoms. The molecule has 0 aliphatic carbocycles. The number of carbonyl (C=O) groups excluding carboxylic acids is 2. The van der Waals surface area contributed by atoms with Crippen LogP contribution in [-0.2, 0) is 4.79 Å². The lowest BCUT2D eigenvalue weighted by atomic mass is 10.2. The Labute approximate surface area is 181 Å². The Morgan fingerprint density at radius 2 is 1.93 bits per heavy atom. The van der Waals surface area contributed by atoms with Gasteiger partial charge in [0, 0.05) is 0 Å². The van der Waals surface area contributed by atoms with Crippen molar-refractivity contribution in [1.82, 2.24) is 0 Å². The first-order chi connectivity index (χ1) is 14.0. The van der Waals surface area contributed by atoms with Crippen LogP contribution in [0.15, 0.2) is 70.9 Å². The Morgan fingerprint density at radius 1 is 1.10 bits per heavy atom. The van der Waals surface area contributed by atoms with Crippen LogP contribution >= 0.6 is 35.3 Å². The molecule has 0 atom stereocenters. The number of thiophene rings is 1. The van der Waals surface area contributed by atoms with Crippen molar-refractivity contribution in [3.05, 3.63) is 87.0 Å². The molecule has 2 aromatic carbocycles. The molecule has 2 heterocycles. The van der Waals surface area contributed by atoms with Gasteiger partial charge >= 0.3 is 5.97 Å². The maximum atomic E-state index is 12.9. The summed E-state index contributed by atoms with van der Waals surface area (Å²) in [5, 5.41) is 1.82. The van der Waals surface area contributed by atoms with E-state index in [0.29, 0.717) is 19.9 Å². The molecule has 0 saturated carbocycles. The zero-order valence-corrected chi connectivity index (χ0v) is 17.8. The minimum absolute atomic E-state index is 0.161. The lowest BCUT2D eigenvalue weighted by Crippen LogP contribution is -2.27. The Hall–Kier alpha value is -2.74. The SMILES string of the molecule is Cc1cccc(N2C(=O)/C(=C/c3cccc(OC(=O)c4cccs4)c3)SC2=S)c1. The van der Waals surface area contributed by atoms with E-state index in [-0.39, 0.29) is 5.91 Å². The molecule has 0 unspecified atom stereocenters. The van der Waals surface area contributed by atoms with E-state index >= 15 is 0 Å². The third-order valence-corrected chi connectivity index (χ3v) is 6.29. The van der Waals surface area contributed by atoms with Crippen LogP contribution in [0.2, 0.25) is 0 Å². The number of carbonyl (C=O) groups is 2. The molecule has 4 rings (SSSR count). The Morgan fingerprint density at radius 3 is 2.69 bits per heavy atom. The van der Waals surface area contributed by atoms with Crippen LogP contribution in [0, 0.1) is 6.92 Å². The molecule has 0 N–H and O–H groups in total. The van der Waals surface area contributed by atoms with Crippen molar-refractivity contribution in [2.24, 2.45) is 0 Å². The van der Waals surface area contributed by atoms with Crippen molar-refractivity contribution in [3.8, 4) is 5.75 Å². The molecule has 144 valence electrons. The summed E-state index contributed by atoms with van der Waals surface area (Å²) in [5.74, 6) is -0.138. The highest BCUT2D eigenvalue weighted by Gasteiger charge is 2.33. The second-order valence-corrected chi connectivity index (χ2v) is 8.92. The van der Waals surface area contributed by atoms with Gasteiger partial charge in [-0.15, -0.1) is 11.3 Å². The minimum Gasteiger partial charge on any atom is -0.422 e. The predicted octanol–water partition coefficient (Wildman–Crippen LogP) is 5.68. The normalized spacial score (nSPS) is 15.2. The summed E-state index contributed by atoms with van der Waals surface area (Å²) in [6.45, 7) is 1.97. The molecular weight excluding hydrogens is 422 g/mol. The molecule has 1 aromatic heterocycles. The summed E-state index contributed by atoms with van der Waals surface area (Å²) in [7, 11) is 0. The second-order valence-electron chi connectivity index (χ2n) is 6.30. The second kappa shape index (κ2) is 8.32. The van der Waals surface area contributed by atoms with Crippen LogP contribution in [-0.4, -0.2) is 16.2 Å². The van der Waals surface area contributed by atoms with E-state index in [1.165, 1.54) is 23.1 Å². The molecule has 3 aromatic rings. The largest absolute Gasteiger partial charge is 0.422 e. The summed E-state index contributed by atoms with van der Waals surface area (Å²) in [4.78, 5) is 27.7. The number of ether oxygens (including phenoxy) is 1. The van der Waals surface area contributed by atoms with Crippen molar-refractivity contribution in [2.75, 3.05) is 4.90 Å².